The lowest BCUT2D eigenvalue weighted by atomic mass is 9.86. The normalized spacial score (nSPS) is 18.4. The maximum Gasteiger partial charge on any atom is 0.416 e. The summed E-state index contributed by atoms with van der Waals surface area (Å²) in [5, 5.41) is 0. The number of methoxy groups -OCH3 is 1. The maximum atomic E-state index is 13.8. The van der Waals surface area contributed by atoms with Crippen LogP contribution >= 0.6 is 0 Å². The van der Waals surface area contributed by atoms with Crippen molar-refractivity contribution in [2.45, 2.75) is 96.0 Å². The standard InChI is InChI=1S/C35H40F6N4O5/c1-6-26-16-27(17-28(14-22-10-8-7-9-11-22)45(26)32(47)50-33(2,3)4)44(31-42-18-29(19-43-31)49-21-30(46)48-5)20-23-12-24(34(36,37)38)15-25(13-23)35(39,40)41/h7-13,15,18-19,26-28H,6,14,16-17,20-21H2,1-5H3. The van der Waals surface area contributed by atoms with Crippen LogP contribution in [0.25, 0.3) is 0 Å². The first kappa shape index (κ1) is 38.2. The molecule has 3 unspecified atom stereocenters. The molecule has 4 rings (SSSR count). The Morgan fingerprint density at radius 2 is 1.46 bits per heavy atom. The molecule has 50 heavy (non-hydrogen) atoms. The fourth-order valence-electron chi connectivity index (χ4n) is 5.95. The number of esters is 1. The molecular formula is C35H40F6N4O5. The molecule has 272 valence electrons. The van der Waals surface area contributed by atoms with E-state index in [9.17, 15) is 35.9 Å². The zero-order chi connectivity index (χ0) is 36.9. The molecule has 0 radical (unpaired) electrons. The summed E-state index contributed by atoms with van der Waals surface area (Å²) in [6, 6.07) is 9.44. The number of benzene rings is 2. The molecular weight excluding hydrogens is 670 g/mol. The van der Waals surface area contributed by atoms with Crippen LogP contribution in [0.5, 0.6) is 5.75 Å². The summed E-state index contributed by atoms with van der Waals surface area (Å²) in [5.41, 5.74) is -3.01. The Morgan fingerprint density at radius 1 is 0.880 bits per heavy atom. The molecule has 3 atom stereocenters. The van der Waals surface area contributed by atoms with Crippen molar-refractivity contribution < 1.29 is 50.1 Å². The van der Waals surface area contributed by atoms with Crippen molar-refractivity contribution in [2.24, 2.45) is 0 Å². The highest BCUT2D eigenvalue weighted by molar-refractivity contribution is 5.71. The Balaban J connectivity index is 1.79. The van der Waals surface area contributed by atoms with Gasteiger partial charge < -0.3 is 24.0 Å². The molecule has 1 saturated heterocycles. The first-order valence-corrected chi connectivity index (χ1v) is 16.0. The first-order chi connectivity index (χ1) is 23.4. The van der Waals surface area contributed by atoms with Gasteiger partial charge in [-0.2, -0.15) is 26.3 Å². The summed E-state index contributed by atoms with van der Waals surface area (Å²) in [7, 11) is 1.18. The SMILES string of the molecule is CCC1CC(N(Cc2cc(C(F)(F)F)cc(C(F)(F)F)c2)c2ncc(OCC(=O)OC)cn2)CC(Cc2ccccc2)N1C(=O)OC(C)(C)C. The number of piperidine rings is 1. The minimum absolute atomic E-state index is 0.00502. The number of aromatic nitrogens is 2. The monoisotopic (exact) mass is 710 g/mol. The van der Waals surface area contributed by atoms with Crippen LogP contribution in [0.1, 0.15) is 69.2 Å². The predicted octanol–water partition coefficient (Wildman–Crippen LogP) is 7.86. The number of ether oxygens (including phenoxy) is 3. The van der Waals surface area contributed by atoms with Gasteiger partial charge in [0.2, 0.25) is 5.95 Å². The number of halogens is 6. The van der Waals surface area contributed by atoms with E-state index in [0.29, 0.717) is 25.0 Å². The number of carbonyl (C=O) groups excluding carboxylic acids is 2. The zero-order valence-corrected chi connectivity index (χ0v) is 28.3. The van der Waals surface area contributed by atoms with Gasteiger partial charge in [0, 0.05) is 24.7 Å². The molecule has 2 aromatic carbocycles. The van der Waals surface area contributed by atoms with E-state index >= 15 is 0 Å². The van der Waals surface area contributed by atoms with Crippen molar-refractivity contribution in [1.29, 1.82) is 0 Å². The van der Waals surface area contributed by atoms with Gasteiger partial charge in [0.1, 0.15) is 5.60 Å². The van der Waals surface area contributed by atoms with Crippen LogP contribution in [-0.4, -0.2) is 64.4 Å². The molecule has 0 spiro atoms. The second-order valence-electron chi connectivity index (χ2n) is 13.0. The van der Waals surface area contributed by atoms with E-state index in [1.807, 2.05) is 37.3 Å². The van der Waals surface area contributed by atoms with Gasteiger partial charge in [-0.15, -0.1) is 0 Å². The van der Waals surface area contributed by atoms with Gasteiger partial charge in [-0.1, -0.05) is 37.3 Å². The molecule has 1 amide bonds. The van der Waals surface area contributed by atoms with E-state index in [4.69, 9.17) is 9.47 Å². The topological polar surface area (TPSA) is 94.1 Å². The average molecular weight is 711 g/mol. The number of hydrogen-bond donors (Lipinski definition) is 0. The summed E-state index contributed by atoms with van der Waals surface area (Å²) >= 11 is 0. The van der Waals surface area contributed by atoms with Crippen LogP contribution in [0.15, 0.2) is 60.9 Å². The molecule has 1 aliphatic heterocycles. The van der Waals surface area contributed by atoms with Crippen molar-refractivity contribution in [2.75, 3.05) is 18.6 Å². The Kier molecular flexibility index (Phi) is 11.9. The Labute approximate surface area is 286 Å². The number of likely N-dealkylation sites (tertiary alicyclic amines) is 1. The maximum absolute atomic E-state index is 13.8. The Bertz CT molecular complexity index is 1560. The molecule has 1 fully saturated rings. The molecule has 1 aliphatic rings. The van der Waals surface area contributed by atoms with Gasteiger partial charge in [-0.3, -0.25) is 0 Å². The quantitative estimate of drug-likeness (QED) is 0.155. The fourth-order valence-corrected chi connectivity index (χ4v) is 5.95. The van der Waals surface area contributed by atoms with E-state index in [2.05, 4.69) is 14.7 Å². The number of rotatable bonds is 10. The third kappa shape index (κ3) is 10.2. The molecule has 15 heteroatoms. The van der Waals surface area contributed by atoms with Crippen molar-refractivity contribution in [3.8, 4) is 5.75 Å². The van der Waals surface area contributed by atoms with Crippen molar-refractivity contribution in [1.82, 2.24) is 14.9 Å². The average Bonchev–Trinajstić information content (AvgIpc) is 3.04. The summed E-state index contributed by atoms with van der Waals surface area (Å²) in [6.45, 7) is 6.31. The molecule has 0 aliphatic carbocycles. The highest BCUT2D eigenvalue weighted by Gasteiger charge is 2.43. The van der Waals surface area contributed by atoms with Crippen LogP contribution in [0.4, 0.5) is 37.1 Å². The minimum atomic E-state index is -5.04. The summed E-state index contributed by atoms with van der Waals surface area (Å²) in [6.07, 6.45) is -6.66. The predicted molar refractivity (Wildman–Crippen MR) is 171 cm³/mol. The number of hydrogen-bond acceptors (Lipinski definition) is 8. The first-order valence-electron chi connectivity index (χ1n) is 16.0. The number of nitrogens with zero attached hydrogens (tertiary/aromatic N) is 4. The molecule has 9 nitrogen and oxygen atoms in total. The summed E-state index contributed by atoms with van der Waals surface area (Å²) in [4.78, 5) is 37.2. The molecule has 3 aromatic rings. The van der Waals surface area contributed by atoms with E-state index in [0.717, 1.165) is 5.56 Å². The number of carbonyl (C=O) groups is 2. The van der Waals surface area contributed by atoms with Crippen molar-refractivity contribution >= 4 is 18.0 Å². The van der Waals surface area contributed by atoms with Gasteiger partial charge >= 0.3 is 24.4 Å². The second-order valence-corrected chi connectivity index (χ2v) is 13.0. The smallest absolute Gasteiger partial charge is 0.416 e. The Morgan fingerprint density at radius 3 is 1.98 bits per heavy atom. The minimum Gasteiger partial charge on any atom is -0.479 e. The highest BCUT2D eigenvalue weighted by atomic mass is 19.4. The fraction of sp³-hybridized carbons (Fsp3) is 0.486. The lowest BCUT2D eigenvalue weighted by molar-refractivity contribution is -0.144. The third-order valence-electron chi connectivity index (χ3n) is 8.16. The van der Waals surface area contributed by atoms with E-state index < -0.39 is 72.4 Å². The lowest BCUT2D eigenvalue weighted by Crippen LogP contribution is -2.58. The van der Waals surface area contributed by atoms with E-state index in [-0.39, 0.29) is 36.2 Å². The van der Waals surface area contributed by atoms with Crippen LogP contribution in [0, 0.1) is 0 Å². The van der Waals surface area contributed by atoms with Gasteiger partial charge in [-0.25, -0.2) is 19.6 Å². The Hall–Kier alpha value is -4.56. The number of anilines is 1. The van der Waals surface area contributed by atoms with E-state index in [1.54, 1.807) is 30.6 Å². The summed E-state index contributed by atoms with van der Waals surface area (Å²) in [5.74, 6) is -0.566. The van der Waals surface area contributed by atoms with Crippen LogP contribution in [0.2, 0.25) is 0 Å². The molecule has 2 heterocycles. The van der Waals surface area contributed by atoms with Crippen molar-refractivity contribution in [3.63, 3.8) is 0 Å². The molecule has 0 saturated carbocycles. The van der Waals surface area contributed by atoms with Crippen LogP contribution < -0.4 is 9.64 Å². The summed E-state index contributed by atoms with van der Waals surface area (Å²) < 4.78 is 98.7. The molecule has 0 N–H and O–H groups in total. The number of amides is 1. The highest BCUT2D eigenvalue weighted by Crippen LogP contribution is 2.38. The van der Waals surface area contributed by atoms with Gasteiger partial charge in [0.15, 0.2) is 12.4 Å². The molecule has 0 bridgehead atoms. The zero-order valence-electron chi connectivity index (χ0n) is 28.3. The number of alkyl halides is 6. The molecule has 1 aromatic heterocycles. The second kappa shape index (κ2) is 15.5. The van der Waals surface area contributed by atoms with Gasteiger partial charge in [0.05, 0.1) is 30.6 Å². The third-order valence-corrected chi connectivity index (χ3v) is 8.16. The van der Waals surface area contributed by atoms with Gasteiger partial charge in [-0.05, 0) is 75.8 Å². The largest absolute Gasteiger partial charge is 0.479 e. The van der Waals surface area contributed by atoms with Crippen LogP contribution in [0.3, 0.4) is 0 Å². The van der Waals surface area contributed by atoms with E-state index in [1.165, 1.54) is 19.5 Å². The lowest BCUT2D eigenvalue weighted by Gasteiger charge is -2.48. The van der Waals surface area contributed by atoms with Crippen LogP contribution in [-0.2, 0) is 39.6 Å². The van der Waals surface area contributed by atoms with Gasteiger partial charge in [0.25, 0.3) is 0 Å². The van der Waals surface area contributed by atoms with Crippen molar-refractivity contribution in [3.05, 3.63) is 83.2 Å².